The third-order valence-corrected chi connectivity index (χ3v) is 3.72. The first kappa shape index (κ1) is 17.7. The van der Waals surface area contributed by atoms with E-state index in [1.54, 1.807) is 26.5 Å². The van der Waals surface area contributed by atoms with Gasteiger partial charge < -0.3 is 10.2 Å². The summed E-state index contributed by atoms with van der Waals surface area (Å²) in [5.41, 5.74) is 2.02. The first-order valence-electron chi connectivity index (χ1n) is 7.99. The number of benzene rings is 1. The van der Waals surface area contributed by atoms with Crippen LogP contribution in [0, 0.1) is 0 Å². The second kappa shape index (κ2) is 8.82. The second-order valence-corrected chi connectivity index (χ2v) is 5.90. The number of hydrogen-bond acceptors (Lipinski definition) is 3. The molecule has 1 aromatic carbocycles. The van der Waals surface area contributed by atoms with Crippen molar-refractivity contribution in [2.75, 3.05) is 14.1 Å². The van der Waals surface area contributed by atoms with E-state index in [-0.39, 0.29) is 11.8 Å². The Balaban J connectivity index is 1.96. The van der Waals surface area contributed by atoms with E-state index >= 15 is 0 Å². The molecule has 0 spiro atoms. The fraction of sp³-hybridized carbons (Fsp3) is 0.316. The molecule has 0 saturated heterocycles. The molecule has 0 unspecified atom stereocenters. The van der Waals surface area contributed by atoms with Crippen LogP contribution in [0.4, 0.5) is 0 Å². The fourth-order valence-electron chi connectivity index (χ4n) is 2.43. The van der Waals surface area contributed by atoms with E-state index in [9.17, 15) is 9.59 Å². The zero-order valence-electron chi connectivity index (χ0n) is 14.1. The maximum Gasteiger partial charge on any atom is 0.244 e. The molecule has 1 atom stereocenters. The van der Waals surface area contributed by atoms with Gasteiger partial charge in [-0.3, -0.25) is 14.6 Å². The monoisotopic (exact) mass is 325 g/mol. The lowest BCUT2D eigenvalue weighted by atomic mass is 10.0. The van der Waals surface area contributed by atoms with Gasteiger partial charge in [0.1, 0.15) is 6.04 Å². The highest BCUT2D eigenvalue weighted by Crippen LogP contribution is 2.06. The molecule has 5 heteroatoms. The van der Waals surface area contributed by atoms with Gasteiger partial charge in [0, 0.05) is 39.3 Å². The standard InChI is InChI=1S/C19H23N3O2/c1-22(2)19(24)17(13-15-7-4-3-5-8-15)21-18(23)11-10-16-9-6-12-20-14-16/h3-9,12,14,17H,10-11,13H2,1-2H3,(H,21,23)/t17-/m1/s1. The third kappa shape index (κ3) is 5.50. The van der Waals surface area contributed by atoms with Gasteiger partial charge in [-0.1, -0.05) is 36.4 Å². The Labute approximate surface area is 142 Å². The number of rotatable bonds is 7. The summed E-state index contributed by atoms with van der Waals surface area (Å²) < 4.78 is 0. The van der Waals surface area contributed by atoms with E-state index in [2.05, 4.69) is 10.3 Å². The van der Waals surface area contributed by atoms with Gasteiger partial charge in [0.15, 0.2) is 0 Å². The number of nitrogens with zero attached hydrogens (tertiary/aromatic N) is 2. The molecule has 1 N–H and O–H groups in total. The normalized spacial score (nSPS) is 11.6. The number of aromatic nitrogens is 1. The van der Waals surface area contributed by atoms with Gasteiger partial charge in [-0.05, 0) is 23.6 Å². The Morgan fingerprint density at radius 2 is 1.79 bits per heavy atom. The van der Waals surface area contributed by atoms with Crippen LogP contribution in [-0.2, 0) is 22.4 Å². The summed E-state index contributed by atoms with van der Waals surface area (Å²) >= 11 is 0. The second-order valence-electron chi connectivity index (χ2n) is 5.90. The Morgan fingerprint density at radius 3 is 2.42 bits per heavy atom. The van der Waals surface area contributed by atoms with Gasteiger partial charge in [0.05, 0.1) is 0 Å². The summed E-state index contributed by atoms with van der Waals surface area (Å²) in [5, 5.41) is 2.87. The lowest BCUT2D eigenvalue weighted by Gasteiger charge is -2.22. The third-order valence-electron chi connectivity index (χ3n) is 3.72. The number of likely N-dealkylation sites (N-methyl/N-ethyl adjacent to an activating group) is 1. The Morgan fingerprint density at radius 1 is 1.08 bits per heavy atom. The molecular formula is C19H23N3O2. The highest BCUT2D eigenvalue weighted by molar-refractivity contribution is 5.87. The predicted octanol–water partition coefficient (Wildman–Crippen LogP) is 1.83. The average Bonchev–Trinajstić information content (AvgIpc) is 2.60. The van der Waals surface area contributed by atoms with Crippen LogP contribution in [0.15, 0.2) is 54.9 Å². The van der Waals surface area contributed by atoms with Crippen LogP contribution in [-0.4, -0.2) is 41.8 Å². The molecule has 0 bridgehead atoms. The molecule has 2 aromatic rings. The van der Waals surface area contributed by atoms with Crippen molar-refractivity contribution in [2.24, 2.45) is 0 Å². The molecule has 0 fully saturated rings. The number of pyridine rings is 1. The summed E-state index contributed by atoms with van der Waals surface area (Å²) in [5.74, 6) is -0.233. The molecule has 1 aromatic heterocycles. The van der Waals surface area contributed by atoms with Gasteiger partial charge in [-0.25, -0.2) is 0 Å². The Kier molecular flexibility index (Phi) is 6.49. The highest BCUT2D eigenvalue weighted by Gasteiger charge is 2.22. The van der Waals surface area contributed by atoms with Crippen molar-refractivity contribution in [1.29, 1.82) is 0 Å². The molecule has 5 nitrogen and oxygen atoms in total. The van der Waals surface area contributed by atoms with Crippen molar-refractivity contribution in [3.05, 3.63) is 66.0 Å². The summed E-state index contributed by atoms with van der Waals surface area (Å²) in [6, 6.07) is 12.9. The number of carbonyl (C=O) groups excluding carboxylic acids is 2. The van der Waals surface area contributed by atoms with Crippen molar-refractivity contribution < 1.29 is 9.59 Å². The van der Waals surface area contributed by atoms with Crippen LogP contribution in [0.3, 0.4) is 0 Å². The molecule has 0 aliphatic carbocycles. The van der Waals surface area contributed by atoms with E-state index in [1.165, 1.54) is 4.90 Å². The lowest BCUT2D eigenvalue weighted by Crippen LogP contribution is -2.47. The molecule has 2 amide bonds. The van der Waals surface area contributed by atoms with Gasteiger partial charge >= 0.3 is 0 Å². The van der Waals surface area contributed by atoms with Gasteiger partial charge in [0.25, 0.3) is 0 Å². The van der Waals surface area contributed by atoms with Crippen LogP contribution in [0.1, 0.15) is 17.5 Å². The number of carbonyl (C=O) groups is 2. The fourth-order valence-corrected chi connectivity index (χ4v) is 2.43. The van der Waals surface area contributed by atoms with E-state index in [0.717, 1.165) is 11.1 Å². The van der Waals surface area contributed by atoms with Crippen molar-refractivity contribution in [3.63, 3.8) is 0 Å². The van der Waals surface area contributed by atoms with Crippen LogP contribution in [0.2, 0.25) is 0 Å². The molecule has 0 saturated carbocycles. The van der Waals surface area contributed by atoms with E-state index in [0.29, 0.717) is 19.3 Å². The van der Waals surface area contributed by atoms with Gasteiger partial charge in [-0.15, -0.1) is 0 Å². The van der Waals surface area contributed by atoms with Crippen LogP contribution in [0.25, 0.3) is 0 Å². The SMILES string of the molecule is CN(C)C(=O)[C@@H](Cc1ccccc1)NC(=O)CCc1cccnc1. The van der Waals surface area contributed by atoms with Crippen molar-refractivity contribution in [2.45, 2.75) is 25.3 Å². The predicted molar refractivity (Wildman–Crippen MR) is 93.3 cm³/mol. The van der Waals surface area contributed by atoms with Crippen molar-refractivity contribution in [1.82, 2.24) is 15.2 Å². The van der Waals surface area contributed by atoms with Crippen LogP contribution < -0.4 is 5.32 Å². The van der Waals surface area contributed by atoms with Gasteiger partial charge in [-0.2, -0.15) is 0 Å². The summed E-state index contributed by atoms with van der Waals surface area (Å²) in [6.45, 7) is 0. The van der Waals surface area contributed by atoms with E-state index in [4.69, 9.17) is 0 Å². The maximum absolute atomic E-state index is 12.4. The Hall–Kier alpha value is -2.69. The van der Waals surface area contributed by atoms with E-state index in [1.807, 2.05) is 42.5 Å². The number of nitrogens with one attached hydrogen (secondary N) is 1. The molecule has 0 aliphatic heterocycles. The molecule has 0 aliphatic rings. The molecule has 24 heavy (non-hydrogen) atoms. The zero-order chi connectivity index (χ0) is 17.4. The molecule has 0 radical (unpaired) electrons. The van der Waals surface area contributed by atoms with Gasteiger partial charge in [0.2, 0.25) is 11.8 Å². The maximum atomic E-state index is 12.4. The smallest absolute Gasteiger partial charge is 0.244 e. The van der Waals surface area contributed by atoms with E-state index < -0.39 is 6.04 Å². The van der Waals surface area contributed by atoms with Crippen molar-refractivity contribution in [3.8, 4) is 0 Å². The number of amides is 2. The summed E-state index contributed by atoms with van der Waals surface area (Å²) in [4.78, 5) is 30.1. The van der Waals surface area contributed by atoms with Crippen LogP contribution in [0.5, 0.6) is 0 Å². The highest BCUT2D eigenvalue weighted by atomic mass is 16.2. The minimum absolute atomic E-state index is 0.103. The zero-order valence-corrected chi connectivity index (χ0v) is 14.1. The number of hydrogen-bond donors (Lipinski definition) is 1. The first-order valence-corrected chi connectivity index (χ1v) is 7.99. The molecular weight excluding hydrogens is 302 g/mol. The topological polar surface area (TPSA) is 62.3 Å². The lowest BCUT2D eigenvalue weighted by molar-refractivity contribution is -0.134. The summed E-state index contributed by atoms with van der Waals surface area (Å²) in [7, 11) is 3.39. The quantitative estimate of drug-likeness (QED) is 0.845. The molecule has 126 valence electrons. The average molecular weight is 325 g/mol. The molecule has 1 heterocycles. The largest absolute Gasteiger partial charge is 0.347 e. The molecule has 2 rings (SSSR count). The first-order chi connectivity index (χ1) is 11.6. The number of aryl methyl sites for hydroxylation is 1. The summed E-state index contributed by atoms with van der Waals surface area (Å²) in [6.07, 6.45) is 4.87. The van der Waals surface area contributed by atoms with Crippen LogP contribution >= 0.6 is 0 Å². The minimum atomic E-state index is -0.552. The Bertz CT molecular complexity index is 657. The van der Waals surface area contributed by atoms with Crippen molar-refractivity contribution >= 4 is 11.8 Å². The minimum Gasteiger partial charge on any atom is -0.347 e.